The second kappa shape index (κ2) is 5.98. The lowest BCUT2D eigenvalue weighted by Crippen LogP contribution is -1.55. The molecule has 0 atom stereocenters. The molecule has 1 heterocycles. The van der Waals surface area contributed by atoms with E-state index in [1.54, 1.807) is 11.3 Å². The Hall–Kier alpha value is -0.600. The quantitative estimate of drug-likeness (QED) is 0.648. The summed E-state index contributed by atoms with van der Waals surface area (Å²) < 4.78 is 1.13. The molecule has 0 fully saturated rings. The highest BCUT2D eigenvalue weighted by Gasteiger charge is 1.74. The summed E-state index contributed by atoms with van der Waals surface area (Å²) >= 11 is 5.02. The molecule has 12 heavy (non-hydrogen) atoms. The maximum atomic E-state index is 3.31. The van der Waals surface area contributed by atoms with Gasteiger partial charge in [0.05, 0.1) is 0 Å². The SMILES string of the molecule is Brc1ccccc1.c1ccsc1. The fraction of sp³-hybridized carbons (Fsp3) is 0. The van der Waals surface area contributed by atoms with Crippen LogP contribution in [0.3, 0.4) is 0 Å². The van der Waals surface area contributed by atoms with Crippen molar-refractivity contribution in [2.45, 2.75) is 0 Å². The first-order chi connectivity index (χ1) is 5.89. The van der Waals surface area contributed by atoms with E-state index in [1.165, 1.54) is 0 Å². The van der Waals surface area contributed by atoms with Gasteiger partial charge < -0.3 is 0 Å². The van der Waals surface area contributed by atoms with E-state index in [0.717, 1.165) is 4.47 Å². The molecule has 0 aliphatic heterocycles. The minimum atomic E-state index is 1.13. The fourth-order valence-corrected chi connectivity index (χ4v) is 1.40. The summed E-state index contributed by atoms with van der Waals surface area (Å²) in [5, 5.41) is 4.08. The lowest BCUT2D eigenvalue weighted by atomic mass is 10.4. The van der Waals surface area contributed by atoms with Gasteiger partial charge in [-0.3, -0.25) is 0 Å². The van der Waals surface area contributed by atoms with Crippen LogP contribution in [0.15, 0.2) is 57.7 Å². The molecule has 0 spiro atoms. The normalized spacial score (nSPS) is 8.42. The minimum Gasteiger partial charge on any atom is -0.152 e. The Morgan fingerprint density at radius 1 is 0.833 bits per heavy atom. The topological polar surface area (TPSA) is 0 Å². The molecule has 2 heteroatoms. The summed E-state index contributed by atoms with van der Waals surface area (Å²) in [6.07, 6.45) is 0. The Labute approximate surface area is 85.0 Å². The summed E-state index contributed by atoms with van der Waals surface area (Å²) in [6, 6.07) is 14.0. The zero-order chi connectivity index (χ0) is 8.65. The monoisotopic (exact) mass is 240 g/mol. The molecule has 0 radical (unpaired) electrons. The largest absolute Gasteiger partial charge is 0.152 e. The summed E-state index contributed by atoms with van der Waals surface area (Å²) in [6.45, 7) is 0. The second-order valence-electron chi connectivity index (χ2n) is 2.09. The van der Waals surface area contributed by atoms with Gasteiger partial charge in [-0.1, -0.05) is 46.3 Å². The van der Waals surface area contributed by atoms with Gasteiger partial charge in [0.15, 0.2) is 0 Å². The van der Waals surface area contributed by atoms with Crippen molar-refractivity contribution in [3.05, 3.63) is 57.7 Å². The first-order valence-corrected chi connectivity index (χ1v) is 5.31. The van der Waals surface area contributed by atoms with Gasteiger partial charge in [-0.25, -0.2) is 0 Å². The van der Waals surface area contributed by atoms with E-state index in [2.05, 4.69) is 15.9 Å². The van der Waals surface area contributed by atoms with Crippen molar-refractivity contribution in [3.8, 4) is 0 Å². The third-order valence-electron chi connectivity index (χ3n) is 1.16. The second-order valence-corrected chi connectivity index (χ2v) is 3.82. The van der Waals surface area contributed by atoms with Crippen LogP contribution in [0.2, 0.25) is 0 Å². The van der Waals surface area contributed by atoms with Crippen molar-refractivity contribution in [2.24, 2.45) is 0 Å². The molecule has 2 aromatic rings. The molecular formula is C10H9BrS. The Balaban J connectivity index is 0.000000127. The molecule has 2 rings (SSSR count). The summed E-state index contributed by atoms with van der Waals surface area (Å²) in [4.78, 5) is 0. The van der Waals surface area contributed by atoms with Crippen LogP contribution in [0, 0.1) is 0 Å². The molecule has 0 saturated heterocycles. The third kappa shape index (κ3) is 4.31. The maximum absolute atomic E-state index is 3.31. The molecule has 0 nitrogen and oxygen atoms in total. The Bertz CT molecular complexity index is 259. The molecule has 0 unspecified atom stereocenters. The molecule has 0 N–H and O–H groups in total. The first-order valence-electron chi connectivity index (χ1n) is 3.57. The predicted molar refractivity (Wildman–Crippen MR) is 58.5 cm³/mol. The van der Waals surface area contributed by atoms with Gasteiger partial charge in [0.25, 0.3) is 0 Å². The summed E-state index contributed by atoms with van der Waals surface area (Å²) in [5.74, 6) is 0. The number of hydrogen-bond donors (Lipinski definition) is 0. The van der Waals surface area contributed by atoms with Gasteiger partial charge in [-0.15, -0.1) is 0 Å². The highest BCUT2D eigenvalue weighted by atomic mass is 79.9. The van der Waals surface area contributed by atoms with Crippen molar-refractivity contribution < 1.29 is 0 Å². The average molecular weight is 241 g/mol. The third-order valence-corrected chi connectivity index (χ3v) is 2.32. The Morgan fingerprint density at radius 3 is 1.67 bits per heavy atom. The van der Waals surface area contributed by atoms with Crippen molar-refractivity contribution in [2.75, 3.05) is 0 Å². The zero-order valence-electron chi connectivity index (χ0n) is 6.48. The van der Waals surface area contributed by atoms with Crippen LogP contribution in [0.5, 0.6) is 0 Å². The van der Waals surface area contributed by atoms with Gasteiger partial charge in [0, 0.05) is 4.47 Å². The molecule has 62 valence electrons. The van der Waals surface area contributed by atoms with Gasteiger partial charge in [0.1, 0.15) is 0 Å². The van der Waals surface area contributed by atoms with E-state index >= 15 is 0 Å². The standard InChI is InChI=1S/C6H5Br.C4H4S/c7-6-4-2-1-3-5-6;1-2-4-5-3-1/h1-5H;1-4H. The highest BCUT2D eigenvalue weighted by Crippen LogP contribution is 2.05. The molecule has 0 saturated carbocycles. The number of hydrogen-bond acceptors (Lipinski definition) is 1. The van der Waals surface area contributed by atoms with E-state index in [0.29, 0.717) is 0 Å². The number of thiophene rings is 1. The Kier molecular flexibility index (Phi) is 4.73. The molecule has 1 aromatic heterocycles. The molecular weight excluding hydrogens is 232 g/mol. The van der Waals surface area contributed by atoms with Crippen LogP contribution in [0.1, 0.15) is 0 Å². The number of rotatable bonds is 0. The van der Waals surface area contributed by atoms with Crippen LogP contribution < -0.4 is 0 Å². The van der Waals surface area contributed by atoms with E-state index in [1.807, 2.05) is 53.2 Å². The fourth-order valence-electron chi connectivity index (χ4n) is 0.641. The van der Waals surface area contributed by atoms with Crippen LogP contribution in [0.4, 0.5) is 0 Å². The number of benzene rings is 1. The van der Waals surface area contributed by atoms with Crippen LogP contribution >= 0.6 is 27.3 Å². The van der Waals surface area contributed by atoms with Crippen molar-refractivity contribution in [3.63, 3.8) is 0 Å². The van der Waals surface area contributed by atoms with Crippen LogP contribution in [0.25, 0.3) is 0 Å². The van der Waals surface area contributed by atoms with Crippen molar-refractivity contribution in [1.82, 2.24) is 0 Å². The Morgan fingerprint density at radius 2 is 1.42 bits per heavy atom. The molecule has 0 amide bonds. The number of halogens is 1. The van der Waals surface area contributed by atoms with Gasteiger partial charge in [0.2, 0.25) is 0 Å². The average Bonchev–Trinajstić information content (AvgIpc) is 2.62. The molecule has 0 aliphatic carbocycles. The smallest absolute Gasteiger partial charge is 0.0175 e. The van der Waals surface area contributed by atoms with E-state index in [9.17, 15) is 0 Å². The maximum Gasteiger partial charge on any atom is 0.0175 e. The van der Waals surface area contributed by atoms with E-state index in [-0.39, 0.29) is 0 Å². The zero-order valence-corrected chi connectivity index (χ0v) is 8.88. The lowest BCUT2D eigenvalue weighted by molar-refractivity contribution is 1.66. The lowest BCUT2D eigenvalue weighted by Gasteiger charge is -1.80. The summed E-state index contributed by atoms with van der Waals surface area (Å²) in [5.41, 5.74) is 0. The van der Waals surface area contributed by atoms with Gasteiger partial charge >= 0.3 is 0 Å². The molecule has 1 aromatic carbocycles. The molecule has 0 bridgehead atoms. The van der Waals surface area contributed by atoms with Gasteiger partial charge in [-0.2, -0.15) is 11.3 Å². The minimum absolute atomic E-state index is 1.13. The van der Waals surface area contributed by atoms with E-state index < -0.39 is 0 Å². The van der Waals surface area contributed by atoms with Crippen LogP contribution in [-0.4, -0.2) is 0 Å². The van der Waals surface area contributed by atoms with E-state index in [4.69, 9.17) is 0 Å². The first kappa shape index (κ1) is 9.49. The molecule has 0 aliphatic rings. The van der Waals surface area contributed by atoms with Crippen molar-refractivity contribution in [1.29, 1.82) is 0 Å². The predicted octanol–water partition coefficient (Wildman–Crippen LogP) is 4.20. The van der Waals surface area contributed by atoms with Gasteiger partial charge in [-0.05, 0) is 22.9 Å². The highest BCUT2D eigenvalue weighted by molar-refractivity contribution is 9.10. The summed E-state index contributed by atoms with van der Waals surface area (Å²) in [7, 11) is 0. The van der Waals surface area contributed by atoms with Crippen LogP contribution in [-0.2, 0) is 0 Å². The van der Waals surface area contributed by atoms with Crippen molar-refractivity contribution >= 4 is 27.3 Å².